The van der Waals surface area contributed by atoms with E-state index in [9.17, 15) is 4.79 Å². The standard InChI is InChI=1S/C12H12N2O2/c1-2-10(12(15)16)9-5-8-3-4-13-7-11(8)14-6-9/h3-7,10H,2H2,1H3,(H,15,16). The topological polar surface area (TPSA) is 63.1 Å². The summed E-state index contributed by atoms with van der Waals surface area (Å²) >= 11 is 0. The van der Waals surface area contributed by atoms with Crippen LogP contribution in [0.1, 0.15) is 24.8 Å². The van der Waals surface area contributed by atoms with Gasteiger partial charge in [-0.2, -0.15) is 0 Å². The van der Waals surface area contributed by atoms with Crippen LogP contribution in [-0.4, -0.2) is 21.0 Å². The van der Waals surface area contributed by atoms with Crippen molar-refractivity contribution in [2.75, 3.05) is 0 Å². The molecule has 0 aromatic carbocycles. The van der Waals surface area contributed by atoms with Crippen LogP contribution < -0.4 is 0 Å². The summed E-state index contributed by atoms with van der Waals surface area (Å²) in [4.78, 5) is 19.2. The third-order valence-corrected chi connectivity index (χ3v) is 2.62. The Morgan fingerprint density at radius 1 is 1.50 bits per heavy atom. The first-order chi connectivity index (χ1) is 7.72. The van der Waals surface area contributed by atoms with Gasteiger partial charge in [-0.15, -0.1) is 0 Å². The summed E-state index contributed by atoms with van der Waals surface area (Å²) < 4.78 is 0. The molecule has 2 heterocycles. The Labute approximate surface area is 93.0 Å². The highest BCUT2D eigenvalue weighted by atomic mass is 16.4. The third-order valence-electron chi connectivity index (χ3n) is 2.62. The summed E-state index contributed by atoms with van der Waals surface area (Å²) in [6.45, 7) is 1.86. The SMILES string of the molecule is CCC(C(=O)O)c1cnc2cnccc2c1. The van der Waals surface area contributed by atoms with E-state index < -0.39 is 11.9 Å². The first-order valence-corrected chi connectivity index (χ1v) is 5.15. The van der Waals surface area contributed by atoms with Crippen molar-refractivity contribution in [2.24, 2.45) is 0 Å². The van der Waals surface area contributed by atoms with Gasteiger partial charge < -0.3 is 5.11 Å². The second-order valence-electron chi connectivity index (χ2n) is 3.64. The molecule has 0 amide bonds. The normalized spacial score (nSPS) is 12.6. The van der Waals surface area contributed by atoms with Gasteiger partial charge in [-0.05, 0) is 24.1 Å². The minimum Gasteiger partial charge on any atom is -0.481 e. The summed E-state index contributed by atoms with van der Waals surface area (Å²) in [6, 6.07) is 3.70. The number of pyridine rings is 2. The van der Waals surface area contributed by atoms with Crippen molar-refractivity contribution in [3.05, 3.63) is 36.3 Å². The Morgan fingerprint density at radius 3 is 3.00 bits per heavy atom. The predicted octanol–water partition coefficient (Wildman–Crippen LogP) is 2.21. The van der Waals surface area contributed by atoms with Crippen LogP contribution in [0.3, 0.4) is 0 Å². The quantitative estimate of drug-likeness (QED) is 0.854. The lowest BCUT2D eigenvalue weighted by Gasteiger charge is -2.09. The number of nitrogens with zero attached hydrogens (tertiary/aromatic N) is 2. The summed E-state index contributed by atoms with van der Waals surface area (Å²) in [5.41, 5.74) is 1.53. The maximum atomic E-state index is 11.0. The van der Waals surface area contributed by atoms with Crippen LogP contribution in [0.15, 0.2) is 30.7 Å². The van der Waals surface area contributed by atoms with E-state index in [0.29, 0.717) is 6.42 Å². The molecule has 0 fully saturated rings. The Kier molecular flexibility index (Phi) is 2.81. The lowest BCUT2D eigenvalue weighted by atomic mass is 9.97. The van der Waals surface area contributed by atoms with E-state index in [4.69, 9.17) is 5.11 Å². The zero-order valence-corrected chi connectivity index (χ0v) is 8.92. The molecule has 0 radical (unpaired) electrons. The van der Waals surface area contributed by atoms with Gasteiger partial charge in [0.25, 0.3) is 0 Å². The van der Waals surface area contributed by atoms with Gasteiger partial charge in [0.2, 0.25) is 0 Å². The Hall–Kier alpha value is -1.97. The summed E-state index contributed by atoms with van der Waals surface area (Å²) in [6.07, 6.45) is 5.52. The van der Waals surface area contributed by atoms with Crippen molar-refractivity contribution in [1.29, 1.82) is 0 Å². The minimum atomic E-state index is -0.808. The molecule has 0 saturated carbocycles. The predicted molar refractivity (Wildman–Crippen MR) is 60.2 cm³/mol. The fourth-order valence-corrected chi connectivity index (χ4v) is 1.73. The molecule has 4 heteroatoms. The summed E-state index contributed by atoms with van der Waals surface area (Å²) in [7, 11) is 0. The van der Waals surface area contributed by atoms with E-state index in [2.05, 4.69) is 9.97 Å². The number of rotatable bonds is 3. The molecule has 16 heavy (non-hydrogen) atoms. The van der Waals surface area contributed by atoms with E-state index in [1.165, 1.54) is 0 Å². The van der Waals surface area contributed by atoms with Crippen molar-refractivity contribution in [3.8, 4) is 0 Å². The molecule has 1 unspecified atom stereocenters. The van der Waals surface area contributed by atoms with Gasteiger partial charge >= 0.3 is 5.97 Å². The monoisotopic (exact) mass is 216 g/mol. The zero-order chi connectivity index (χ0) is 11.5. The van der Waals surface area contributed by atoms with Crippen LogP contribution >= 0.6 is 0 Å². The molecule has 0 aliphatic carbocycles. The number of hydrogen-bond donors (Lipinski definition) is 1. The maximum Gasteiger partial charge on any atom is 0.311 e. The van der Waals surface area contributed by atoms with Crippen molar-refractivity contribution in [2.45, 2.75) is 19.3 Å². The number of carboxylic acids is 1. The number of carboxylic acid groups (broad SMARTS) is 1. The van der Waals surface area contributed by atoms with E-state index in [-0.39, 0.29) is 0 Å². The lowest BCUT2D eigenvalue weighted by Crippen LogP contribution is -2.10. The van der Waals surface area contributed by atoms with Crippen molar-refractivity contribution in [1.82, 2.24) is 9.97 Å². The zero-order valence-electron chi connectivity index (χ0n) is 8.92. The largest absolute Gasteiger partial charge is 0.481 e. The van der Waals surface area contributed by atoms with Crippen LogP contribution in [0, 0.1) is 0 Å². The molecule has 2 aromatic heterocycles. The Balaban J connectivity index is 2.49. The van der Waals surface area contributed by atoms with Crippen LogP contribution in [-0.2, 0) is 4.79 Å². The van der Waals surface area contributed by atoms with Gasteiger partial charge in [0.15, 0.2) is 0 Å². The highest BCUT2D eigenvalue weighted by molar-refractivity contribution is 5.81. The molecule has 1 atom stereocenters. The number of hydrogen-bond acceptors (Lipinski definition) is 3. The molecule has 4 nitrogen and oxygen atoms in total. The van der Waals surface area contributed by atoms with E-state index >= 15 is 0 Å². The molecule has 0 aliphatic heterocycles. The Bertz CT molecular complexity index is 525. The first-order valence-electron chi connectivity index (χ1n) is 5.15. The van der Waals surface area contributed by atoms with Gasteiger partial charge in [-0.1, -0.05) is 6.92 Å². The van der Waals surface area contributed by atoms with Crippen LogP contribution in [0.25, 0.3) is 10.9 Å². The number of fused-ring (bicyclic) bond motifs is 1. The van der Waals surface area contributed by atoms with Gasteiger partial charge in [0.05, 0.1) is 17.6 Å². The van der Waals surface area contributed by atoms with Gasteiger partial charge in [0.1, 0.15) is 0 Å². The van der Waals surface area contributed by atoms with Crippen LogP contribution in [0.2, 0.25) is 0 Å². The summed E-state index contributed by atoms with van der Waals surface area (Å²) in [5.74, 6) is -1.29. The van der Waals surface area contributed by atoms with Crippen molar-refractivity contribution in [3.63, 3.8) is 0 Å². The molecular formula is C12H12N2O2. The van der Waals surface area contributed by atoms with E-state index in [1.54, 1.807) is 18.6 Å². The van der Waals surface area contributed by atoms with Crippen molar-refractivity contribution >= 4 is 16.9 Å². The van der Waals surface area contributed by atoms with E-state index in [0.717, 1.165) is 16.5 Å². The second kappa shape index (κ2) is 4.26. The Morgan fingerprint density at radius 2 is 2.31 bits per heavy atom. The molecule has 0 aliphatic rings. The number of aliphatic carboxylic acids is 1. The second-order valence-corrected chi connectivity index (χ2v) is 3.64. The smallest absolute Gasteiger partial charge is 0.311 e. The minimum absolute atomic E-state index is 0.481. The highest BCUT2D eigenvalue weighted by Crippen LogP contribution is 2.22. The summed E-state index contributed by atoms with van der Waals surface area (Å²) in [5, 5.41) is 9.98. The molecule has 2 rings (SSSR count). The highest BCUT2D eigenvalue weighted by Gasteiger charge is 2.17. The lowest BCUT2D eigenvalue weighted by molar-refractivity contribution is -0.138. The van der Waals surface area contributed by atoms with Crippen molar-refractivity contribution < 1.29 is 9.90 Å². The fourth-order valence-electron chi connectivity index (χ4n) is 1.73. The molecule has 0 spiro atoms. The molecule has 0 bridgehead atoms. The molecule has 1 N–H and O–H groups in total. The maximum absolute atomic E-state index is 11.0. The molecule has 0 saturated heterocycles. The average Bonchev–Trinajstić information content (AvgIpc) is 2.29. The fraction of sp³-hybridized carbons (Fsp3) is 0.250. The van der Waals surface area contributed by atoms with Gasteiger partial charge in [0, 0.05) is 17.8 Å². The van der Waals surface area contributed by atoms with Crippen LogP contribution in [0.5, 0.6) is 0 Å². The van der Waals surface area contributed by atoms with E-state index in [1.807, 2.05) is 19.1 Å². The van der Waals surface area contributed by atoms with Gasteiger partial charge in [-0.3, -0.25) is 14.8 Å². The molecular weight excluding hydrogens is 204 g/mol. The molecule has 2 aromatic rings. The van der Waals surface area contributed by atoms with Crippen LogP contribution in [0.4, 0.5) is 0 Å². The number of aromatic nitrogens is 2. The average molecular weight is 216 g/mol. The molecule has 82 valence electrons. The third kappa shape index (κ3) is 1.86. The number of carbonyl (C=O) groups is 1. The van der Waals surface area contributed by atoms with Gasteiger partial charge in [-0.25, -0.2) is 0 Å². The first kappa shape index (κ1) is 10.5.